The van der Waals surface area contributed by atoms with E-state index in [9.17, 15) is 5.11 Å². The number of hydrogen-bond donors (Lipinski definition) is 3. The Morgan fingerprint density at radius 2 is 1.58 bits per heavy atom. The van der Waals surface area contributed by atoms with Crippen LogP contribution in [0.5, 0.6) is 0 Å². The highest BCUT2D eigenvalue weighted by Crippen LogP contribution is 1.97. The Morgan fingerprint density at radius 3 is 1.83 bits per heavy atom. The van der Waals surface area contributed by atoms with Crippen LogP contribution in [0.15, 0.2) is 0 Å². The Hall–Kier alpha value is -0.160. The molecule has 1 atom stereocenters. The first-order chi connectivity index (χ1) is 5.72. The SMILES string of the molecule is CC(O)N(CCCN)CCCN. The monoisotopic (exact) mass is 175 g/mol. The summed E-state index contributed by atoms with van der Waals surface area (Å²) < 4.78 is 0. The number of aliphatic hydroxyl groups excluding tert-OH is 1. The molecule has 12 heavy (non-hydrogen) atoms. The summed E-state index contributed by atoms with van der Waals surface area (Å²) in [5.74, 6) is 0. The average Bonchev–Trinajstić information content (AvgIpc) is 2.04. The van der Waals surface area contributed by atoms with Crippen LogP contribution in [0.1, 0.15) is 19.8 Å². The van der Waals surface area contributed by atoms with E-state index in [0.29, 0.717) is 13.1 Å². The molecule has 0 aromatic rings. The van der Waals surface area contributed by atoms with E-state index in [1.165, 1.54) is 0 Å². The summed E-state index contributed by atoms with van der Waals surface area (Å²) in [6, 6.07) is 0. The van der Waals surface area contributed by atoms with Gasteiger partial charge in [0.2, 0.25) is 0 Å². The summed E-state index contributed by atoms with van der Waals surface area (Å²) >= 11 is 0. The van der Waals surface area contributed by atoms with Crippen molar-refractivity contribution in [3.63, 3.8) is 0 Å². The molecule has 1 unspecified atom stereocenters. The Labute approximate surface area is 74.5 Å². The van der Waals surface area contributed by atoms with Crippen LogP contribution in [0, 0.1) is 0 Å². The van der Waals surface area contributed by atoms with Crippen molar-refractivity contribution in [1.29, 1.82) is 0 Å². The summed E-state index contributed by atoms with van der Waals surface area (Å²) in [4.78, 5) is 1.99. The van der Waals surface area contributed by atoms with Crippen molar-refractivity contribution in [3.05, 3.63) is 0 Å². The molecule has 4 nitrogen and oxygen atoms in total. The third-order valence-corrected chi connectivity index (χ3v) is 1.83. The largest absolute Gasteiger partial charge is 0.379 e. The molecule has 0 saturated heterocycles. The minimum Gasteiger partial charge on any atom is -0.379 e. The second-order valence-electron chi connectivity index (χ2n) is 2.95. The van der Waals surface area contributed by atoms with Crippen LogP contribution in [-0.2, 0) is 0 Å². The first-order valence-corrected chi connectivity index (χ1v) is 4.54. The van der Waals surface area contributed by atoms with Crippen LogP contribution in [0.3, 0.4) is 0 Å². The zero-order valence-corrected chi connectivity index (χ0v) is 7.87. The topological polar surface area (TPSA) is 75.5 Å². The van der Waals surface area contributed by atoms with Crippen molar-refractivity contribution in [2.45, 2.75) is 26.0 Å². The molecule has 0 spiro atoms. The maximum Gasteiger partial charge on any atom is 0.104 e. The van der Waals surface area contributed by atoms with Gasteiger partial charge in [0.15, 0.2) is 0 Å². The lowest BCUT2D eigenvalue weighted by molar-refractivity contribution is 0.0180. The molecule has 0 fully saturated rings. The first-order valence-electron chi connectivity index (χ1n) is 4.54. The molecule has 0 aliphatic carbocycles. The Morgan fingerprint density at radius 1 is 1.17 bits per heavy atom. The molecule has 0 aliphatic rings. The van der Waals surface area contributed by atoms with Crippen molar-refractivity contribution in [2.24, 2.45) is 11.5 Å². The van der Waals surface area contributed by atoms with E-state index in [1.807, 2.05) is 4.90 Å². The van der Waals surface area contributed by atoms with Crippen LogP contribution in [0.2, 0.25) is 0 Å². The predicted molar refractivity (Wildman–Crippen MR) is 50.6 cm³/mol. The molecule has 0 saturated carbocycles. The summed E-state index contributed by atoms with van der Waals surface area (Å²) in [6.07, 6.45) is 1.47. The highest BCUT2D eigenvalue weighted by molar-refractivity contribution is 4.59. The third kappa shape index (κ3) is 5.49. The van der Waals surface area contributed by atoms with E-state index in [4.69, 9.17) is 11.5 Å². The number of aliphatic hydroxyl groups is 1. The quantitative estimate of drug-likeness (QED) is 0.448. The van der Waals surface area contributed by atoms with Gasteiger partial charge in [-0.1, -0.05) is 0 Å². The van der Waals surface area contributed by atoms with Crippen LogP contribution >= 0.6 is 0 Å². The predicted octanol–water partition coefficient (Wildman–Crippen LogP) is -0.676. The van der Waals surface area contributed by atoms with Gasteiger partial charge in [0.05, 0.1) is 0 Å². The van der Waals surface area contributed by atoms with Crippen molar-refractivity contribution in [3.8, 4) is 0 Å². The van der Waals surface area contributed by atoms with Crippen LogP contribution in [-0.4, -0.2) is 42.4 Å². The van der Waals surface area contributed by atoms with Gasteiger partial charge < -0.3 is 16.6 Å². The lowest BCUT2D eigenvalue weighted by atomic mass is 10.3. The fourth-order valence-electron chi connectivity index (χ4n) is 1.07. The number of rotatable bonds is 7. The van der Waals surface area contributed by atoms with Crippen LogP contribution in [0.4, 0.5) is 0 Å². The van der Waals surface area contributed by atoms with E-state index >= 15 is 0 Å². The van der Waals surface area contributed by atoms with Gasteiger partial charge in [-0.15, -0.1) is 0 Å². The Bertz CT molecular complexity index is 90.3. The molecule has 0 bridgehead atoms. The Kier molecular flexibility index (Phi) is 7.39. The minimum absolute atomic E-state index is 0.386. The smallest absolute Gasteiger partial charge is 0.104 e. The molecule has 5 N–H and O–H groups in total. The lowest BCUT2D eigenvalue weighted by Crippen LogP contribution is -2.36. The van der Waals surface area contributed by atoms with E-state index in [1.54, 1.807) is 6.92 Å². The van der Waals surface area contributed by atoms with E-state index in [0.717, 1.165) is 25.9 Å². The van der Waals surface area contributed by atoms with Gasteiger partial charge in [-0.2, -0.15) is 0 Å². The molecule has 0 rings (SSSR count). The second kappa shape index (κ2) is 7.49. The molecule has 0 amide bonds. The first kappa shape index (κ1) is 11.8. The standard InChI is InChI=1S/C8H21N3O/c1-8(12)11(6-2-4-9)7-3-5-10/h8,12H,2-7,9-10H2,1H3. The second-order valence-corrected chi connectivity index (χ2v) is 2.95. The number of nitrogens with zero attached hydrogens (tertiary/aromatic N) is 1. The van der Waals surface area contributed by atoms with E-state index in [2.05, 4.69) is 0 Å². The molecular formula is C8H21N3O. The van der Waals surface area contributed by atoms with Gasteiger partial charge >= 0.3 is 0 Å². The zero-order valence-electron chi connectivity index (χ0n) is 7.87. The molecule has 4 heteroatoms. The van der Waals surface area contributed by atoms with Gasteiger partial charge in [0.1, 0.15) is 6.23 Å². The molecular weight excluding hydrogens is 154 g/mol. The maximum absolute atomic E-state index is 9.31. The highest BCUT2D eigenvalue weighted by atomic mass is 16.3. The molecule has 0 aromatic carbocycles. The summed E-state index contributed by atoms with van der Waals surface area (Å²) in [7, 11) is 0. The molecule has 0 aliphatic heterocycles. The van der Waals surface area contributed by atoms with Crippen LogP contribution < -0.4 is 11.5 Å². The average molecular weight is 175 g/mol. The fraction of sp³-hybridized carbons (Fsp3) is 1.00. The van der Waals surface area contributed by atoms with Gasteiger partial charge in [-0.05, 0) is 32.9 Å². The van der Waals surface area contributed by atoms with E-state index < -0.39 is 0 Å². The molecule has 0 radical (unpaired) electrons. The van der Waals surface area contributed by atoms with Crippen molar-refractivity contribution in [2.75, 3.05) is 26.2 Å². The number of hydrogen-bond acceptors (Lipinski definition) is 4. The van der Waals surface area contributed by atoms with Gasteiger partial charge in [0, 0.05) is 13.1 Å². The van der Waals surface area contributed by atoms with Gasteiger partial charge in [0.25, 0.3) is 0 Å². The maximum atomic E-state index is 9.31. The molecule has 0 heterocycles. The minimum atomic E-state index is -0.386. The summed E-state index contributed by atoms with van der Waals surface area (Å²) in [6.45, 7) is 4.83. The highest BCUT2D eigenvalue weighted by Gasteiger charge is 2.08. The van der Waals surface area contributed by atoms with Gasteiger partial charge in [-0.25, -0.2) is 0 Å². The third-order valence-electron chi connectivity index (χ3n) is 1.83. The van der Waals surface area contributed by atoms with Crippen molar-refractivity contribution in [1.82, 2.24) is 4.90 Å². The van der Waals surface area contributed by atoms with Crippen molar-refractivity contribution >= 4 is 0 Å². The fourth-order valence-corrected chi connectivity index (χ4v) is 1.07. The van der Waals surface area contributed by atoms with Crippen molar-refractivity contribution < 1.29 is 5.11 Å². The Balaban J connectivity index is 3.55. The lowest BCUT2D eigenvalue weighted by Gasteiger charge is -2.24. The summed E-state index contributed by atoms with van der Waals surface area (Å²) in [5.41, 5.74) is 10.7. The normalized spacial score (nSPS) is 13.8. The number of nitrogens with two attached hydrogens (primary N) is 2. The zero-order chi connectivity index (χ0) is 9.40. The van der Waals surface area contributed by atoms with E-state index in [-0.39, 0.29) is 6.23 Å². The summed E-state index contributed by atoms with van der Waals surface area (Å²) in [5, 5.41) is 9.31. The molecule has 0 aromatic heterocycles. The van der Waals surface area contributed by atoms with Gasteiger partial charge in [-0.3, -0.25) is 4.90 Å². The van der Waals surface area contributed by atoms with Crippen LogP contribution in [0.25, 0.3) is 0 Å². The molecule has 74 valence electrons.